The number of aldehydes is 1. The molecule has 2 atom stereocenters. The van der Waals surface area contributed by atoms with Gasteiger partial charge in [0.15, 0.2) is 0 Å². The van der Waals surface area contributed by atoms with Crippen molar-refractivity contribution in [2.45, 2.75) is 64.0 Å². The van der Waals surface area contributed by atoms with Gasteiger partial charge < -0.3 is 24.8 Å². The van der Waals surface area contributed by atoms with Gasteiger partial charge in [-0.2, -0.15) is 0 Å². The van der Waals surface area contributed by atoms with Crippen molar-refractivity contribution in [2.75, 3.05) is 27.2 Å². The average Bonchev–Trinajstić information content (AvgIpc) is 3.58. The molecule has 33 heavy (non-hydrogen) atoms. The SMILES string of the molecule is CN(C)Cc1ccc(O)cc1.Cc1ccc(O)cc1[C@]1(CC=O)CCN(CC2CC2)C(C)C1. The van der Waals surface area contributed by atoms with E-state index in [2.05, 4.69) is 23.6 Å². The van der Waals surface area contributed by atoms with Crippen molar-refractivity contribution in [3.63, 3.8) is 0 Å². The summed E-state index contributed by atoms with van der Waals surface area (Å²) in [5.41, 5.74) is 3.46. The molecule has 5 nitrogen and oxygen atoms in total. The van der Waals surface area contributed by atoms with E-state index in [4.69, 9.17) is 5.11 Å². The van der Waals surface area contributed by atoms with Gasteiger partial charge in [0, 0.05) is 31.0 Å². The number of phenols is 2. The van der Waals surface area contributed by atoms with E-state index in [9.17, 15) is 9.90 Å². The summed E-state index contributed by atoms with van der Waals surface area (Å²) in [6.07, 6.45) is 6.39. The predicted octanol–water partition coefficient (Wildman–Crippen LogP) is 4.88. The highest BCUT2D eigenvalue weighted by molar-refractivity contribution is 5.55. The number of aromatic hydroxyl groups is 2. The smallest absolute Gasteiger partial charge is 0.120 e. The highest BCUT2D eigenvalue weighted by atomic mass is 16.3. The Balaban J connectivity index is 0.000000235. The number of likely N-dealkylation sites (tertiary alicyclic amines) is 1. The van der Waals surface area contributed by atoms with Crippen LogP contribution in [0.3, 0.4) is 0 Å². The third-order valence-corrected chi connectivity index (χ3v) is 7.08. The number of carbonyl (C=O) groups is 1. The summed E-state index contributed by atoms with van der Waals surface area (Å²) in [5, 5.41) is 18.9. The zero-order valence-electron chi connectivity index (χ0n) is 20.6. The molecule has 0 bridgehead atoms. The maximum atomic E-state index is 11.3. The summed E-state index contributed by atoms with van der Waals surface area (Å²) in [6, 6.07) is 13.3. The van der Waals surface area contributed by atoms with Crippen molar-refractivity contribution < 1.29 is 15.0 Å². The Bertz CT molecular complexity index is 908. The molecule has 0 amide bonds. The van der Waals surface area contributed by atoms with Gasteiger partial charge in [-0.15, -0.1) is 0 Å². The molecule has 1 saturated heterocycles. The van der Waals surface area contributed by atoms with Gasteiger partial charge in [-0.3, -0.25) is 0 Å². The van der Waals surface area contributed by atoms with Gasteiger partial charge in [0.05, 0.1) is 0 Å². The van der Waals surface area contributed by atoms with Crippen molar-refractivity contribution in [3.05, 3.63) is 59.2 Å². The van der Waals surface area contributed by atoms with Crippen LogP contribution in [0.1, 0.15) is 55.7 Å². The Morgan fingerprint density at radius 1 is 1.09 bits per heavy atom. The van der Waals surface area contributed by atoms with Crippen LogP contribution in [0.25, 0.3) is 0 Å². The molecule has 1 unspecified atom stereocenters. The quantitative estimate of drug-likeness (QED) is 0.587. The Morgan fingerprint density at radius 2 is 1.76 bits per heavy atom. The zero-order chi connectivity index (χ0) is 24.0. The Kier molecular flexibility index (Phi) is 8.55. The van der Waals surface area contributed by atoms with Gasteiger partial charge in [-0.25, -0.2) is 0 Å². The summed E-state index contributed by atoms with van der Waals surface area (Å²) in [7, 11) is 4.04. The van der Waals surface area contributed by atoms with Gasteiger partial charge >= 0.3 is 0 Å². The molecule has 0 spiro atoms. The van der Waals surface area contributed by atoms with Crippen molar-refractivity contribution in [1.29, 1.82) is 0 Å². The first-order chi connectivity index (χ1) is 15.7. The molecule has 1 heterocycles. The van der Waals surface area contributed by atoms with Crippen LogP contribution in [-0.4, -0.2) is 59.5 Å². The largest absolute Gasteiger partial charge is 0.508 e. The summed E-state index contributed by atoms with van der Waals surface area (Å²) < 4.78 is 0. The summed E-state index contributed by atoms with van der Waals surface area (Å²) >= 11 is 0. The van der Waals surface area contributed by atoms with Crippen molar-refractivity contribution in [2.24, 2.45) is 5.92 Å². The summed E-state index contributed by atoms with van der Waals surface area (Å²) in [4.78, 5) is 16.0. The summed E-state index contributed by atoms with van der Waals surface area (Å²) in [5.74, 6) is 1.54. The maximum Gasteiger partial charge on any atom is 0.120 e. The fourth-order valence-electron chi connectivity index (χ4n) is 5.13. The number of aryl methyl sites for hydroxylation is 1. The molecule has 1 aliphatic carbocycles. The first-order valence-electron chi connectivity index (χ1n) is 12.1. The van der Waals surface area contributed by atoms with Crippen LogP contribution in [0.5, 0.6) is 11.5 Å². The van der Waals surface area contributed by atoms with E-state index in [1.54, 1.807) is 18.2 Å². The van der Waals surface area contributed by atoms with Crippen LogP contribution in [0, 0.1) is 12.8 Å². The summed E-state index contributed by atoms with van der Waals surface area (Å²) in [6.45, 7) is 7.57. The first kappa shape index (κ1) is 25.3. The van der Waals surface area contributed by atoms with E-state index in [1.165, 1.54) is 30.5 Å². The van der Waals surface area contributed by atoms with Crippen LogP contribution in [-0.2, 0) is 16.8 Å². The van der Waals surface area contributed by atoms with Crippen LogP contribution in [0.4, 0.5) is 0 Å². The van der Waals surface area contributed by atoms with Gasteiger partial charge in [-0.1, -0.05) is 18.2 Å². The predicted molar refractivity (Wildman–Crippen MR) is 134 cm³/mol. The van der Waals surface area contributed by atoms with Crippen molar-refractivity contribution in [3.8, 4) is 11.5 Å². The van der Waals surface area contributed by atoms with Crippen LogP contribution in [0.2, 0.25) is 0 Å². The van der Waals surface area contributed by atoms with Crippen LogP contribution < -0.4 is 0 Å². The number of hydrogen-bond acceptors (Lipinski definition) is 5. The van der Waals surface area contributed by atoms with Crippen LogP contribution >= 0.6 is 0 Å². The molecule has 2 aromatic carbocycles. The zero-order valence-corrected chi connectivity index (χ0v) is 20.6. The van der Waals surface area contributed by atoms with E-state index in [1.807, 2.05) is 38.4 Å². The Hall–Kier alpha value is -2.37. The molecule has 2 fully saturated rings. The normalized spacial score (nSPS) is 23.1. The Morgan fingerprint density at radius 3 is 2.33 bits per heavy atom. The molecule has 1 saturated carbocycles. The second-order valence-corrected chi connectivity index (χ2v) is 10.3. The molecule has 0 radical (unpaired) electrons. The van der Waals surface area contributed by atoms with Gasteiger partial charge in [0.2, 0.25) is 0 Å². The van der Waals surface area contributed by atoms with E-state index in [0.29, 0.717) is 24.0 Å². The van der Waals surface area contributed by atoms with E-state index in [-0.39, 0.29) is 5.41 Å². The molecule has 0 aromatic heterocycles. The number of rotatable bonds is 7. The second-order valence-electron chi connectivity index (χ2n) is 10.3. The monoisotopic (exact) mass is 452 g/mol. The maximum absolute atomic E-state index is 11.3. The van der Waals surface area contributed by atoms with Crippen LogP contribution in [0.15, 0.2) is 42.5 Å². The topological polar surface area (TPSA) is 64.0 Å². The molecule has 1 aliphatic heterocycles. The van der Waals surface area contributed by atoms with Gasteiger partial charge in [0.1, 0.15) is 17.8 Å². The molecule has 5 heteroatoms. The fraction of sp³-hybridized carbons (Fsp3) is 0.536. The number of piperidine rings is 1. The second kappa shape index (κ2) is 11.2. The third kappa shape index (κ3) is 7.05. The molecule has 2 N–H and O–H groups in total. The van der Waals surface area contributed by atoms with E-state index in [0.717, 1.165) is 43.7 Å². The number of carbonyl (C=O) groups excluding carboxylic acids is 1. The number of nitrogens with zero attached hydrogens (tertiary/aromatic N) is 2. The minimum Gasteiger partial charge on any atom is -0.508 e. The molecule has 180 valence electrons. The number of benzene rings is 2. The van der Waals surface area contributed by atoms with Crippen molar-refractivity contribution >= 4 is 6.29 Å². The van der Waals surface area contributed by atoms with Crippen molar-refractivity contribution in [1.82, 2.24) is 9.80 Å². The van der Waals surface area contributed by atoms with Gasteiger partial charge in [0.25, 0.3) is 0 Å². The highest BCUT2D eigenvalue weighted by Gasteiger charge is 2.41. The van der Waals surface area contributed by atoms with E-state index < -0.39 is 0 Å². The highest BCUT2D eigenvalue weighted by Crippen LogP contribution is 2.44. The number of phenolic OH excluding ortho intramolecular Hbond substituents is 2. The van der Waals surface area contributed by atoms with Gasteiger partial charge in [-0.05, 0) is 107 Å². The minimum atomic E-state index is -0.107. The molecular formula is C28H40N2O3. The Labute approximate surface area is 199 Å². The first-order valence-corrected chi connectivity index (χ1v) is 12.1. The minimum absolute atomic E-state index is 0.107. The third-order valence-electron chi connectivity index (χ3n) is 7.08. The lowest BCUT2D eigenvalue weighted by Gasteiger charge is -2.46. The molecular weight excluding hydrogens is 412 g/mol. The fourth-order valence-corrected chi connectivity index (χ4v) is 5.13. The average molecular weight is 453 g/mol. The standard InChI is InChI=1S/C19H27NO2.C9H13NO/c1-14-3-6-17(22)11-18(14)19(8-10-21)7-9-20(15(2)12-19)13-16-4-5-16;1-10(2)7-8-3-5-9(11)6-4-8/h3,6,10-11,15-16,22H,4-5,7-9,12-13H2,1-2H3;3-6,11H,7H2,1-2H3/t15?,19-;/m0./s1. The lowest BCUT2D eigenvalue weighted by molar-refractivity contribution is -0.109. The molecule has 2 aromatic rings. The molecule has 2 aliphatic rings. The van der Waals surface area contributed by atoms with E-state index >= 15 is 0 Å². The number of hydrogen-bond donors (Lipinski definition) is 2. The lowest BCUT2D eigenvalue weighted by Crippen LogP contribution is -2.48. The molecule has 4 rings (SSSR count). The lowest BCUT2D eigenvalue weighted by atomic mass is 9.67.